The lowest BCUT2D eigenvalue weighted by molar-refractivity contribution is 0.0651. The van der Waals surface area contributed by atoms with Gasteiger partial charge in [0.2, 0.25) is 0 Å². The molecule has 0 bridgehead atoms. The summed E-state index contributed by atoms with van der Waals surface area (Å²) >= 11 is 2.85. The van der Waals surface area contributed by atoms with Crippen molar-refractivity contribution >= 4 is 97.4 Å². The van der Waals surface area contributed by atoms with E-state index >= 15 is 0 Å². The molecule has 0 saturated carbocycles. The van der Waals surface area contributed by atoms with E-state index in [9.17, 15) is 19.2 Å². The van der Waals surface area contributed by atoms with E-state index in [0.29, 0.717) is 53.2 Å². The molecule has 0 aliphatic carbocycles. The second-order valence-corrected chi connectivity index (χ2v) is 10.9. The third-order valence-corrected chi connectivity index (χ3v) is 9.49. The number of hydrogen-bond acceptors (Lipinski definition) is 6. The van der Waals surface area contributed by atoms with Gasteiger partial charge in [-0.25, -0.2) is 0 Å². The van der Waals surface area contributed by atoms with E-state index in [1.54, 1.807) is 0 Å². The lowest BCUT2D eigenvalue weighted by Crippen LogP contribution is -2.40. The number of imide groups is 2. The Morgan fingerprint density at radius 2 is 1.09 bits per heavy atom. The van der Waals surface area contributed by atoms with Crippen LogP contribution in [0.15, 0.2) is 48.5 Å². The molecule has 2 aliphatic rings. The summed E-state index contributed by atoms with van der Waals surface area (Å²) in [6, 6.07) is 15.4. The molecule has 8 heteroatoms. The summed E-state index contributed by atoms with van der Waals surface area (Å²) in [5, 5.41) is 6.38. The van der Waals surface area contributed by atoms with Crippen LogP contribution in [0.1, 0.15) is 41.4 Å². The largest absolute Gasteiger partial charge is 0.288 e. The minimum Gasteiger partial charge on any atom is -0.288 e. The Labute approximate surface area is 204 Å². The van der Waals surface area contributed by atoms with Crippen LogP contribution in [0, 0.1) is 0 Å². The van der Waals surface area contributed by atoms with Crippen molar-refractivity contribution in [2.75, 3.05) is 7.05 Å². The Kier molecular flexibility index (Phi) is 3.34. The zero-order valence-electron chi connectivity index (χ0n) is 18.0. The minimum atomic E-state index is -0.507. The molecule has 6 nitrogen and oxygen atoms in total. The molecule has 6 aromatic rings. The molecule has 4 aromatic carbocycles. The van der Waals surface area contributed by atoms with Crippen LogP contribution in [0.3, 0.4) is 0 Å². The maximum absolute atomic E-state index is 13.7. The highest BCUT2D eigenvalue weighted by atomic mass is 32.1. The van der Waals surface area contributed by atoms with Crippen LogP contribution < -0.4 is 5.32 Å². The first-order valence-corrected chi connectivity index (χ1v) is 12.6. The molecule has 0 unspecified atom stereocenters. The zero-order chi connectivity index (χ0) is 23.7. The maximum Gasteiger partial charge on any atom is 0.262 e. The first-order valence-electron chi connectivity index (χ1n) is 10.9. The molecule has 35 heavy (non-hydrogen) atoms. The van der Waals surface area contributed by atoms with Crippen molar-refractivity contribution in [3.05, 3.63) is 70.8 Å². The number of carbonyl (C=O) groups is 4. The average Bonchev–Trinajstić information content (AvgIpc) is 3.42. The van der Waals surface area contributed by atoms with E-state index in [2.05, 4.69) is 5.32 Å². The predicted octanol–water partition coefficient (Wildman–Crippen LogP) is 5.69. The molecule has 4 amide bonds. The number of nitrogens with zero attached hydrogens (tertiary/aromatic N) is 1. The number of hydrogen-bond donors (Lipinski definition) is 1. The van der Waals surface area contributed by atoms with Gasteiger partial charge in [0, 0.05) is 58.2 Å². The van der Waals surface area contributed by atoms with E-state index in [0.717, 1.165) is 25.1 Å². The normalized spacial score (nSPS) is 15.4. The Morgan fingerprint density at radius 1 is 0.600 bits per heavy atom. The van der Waals surface area contributed by atoms with Gasteiger partial charge in [0.05, 0.1) is 22.3 Å². The van der Waals surface area contributed by atoms with Gasteiger partial charge in [0.1, 0.15) is 0 Å². The zero-order valence-corrected chi connectivity index (χ0v) is 19.6. The van der Waals surface area contributed by atoms with E-state index in [4.69, 9.17) is 0 Å². The standard InChI is InChI=1S/C27H12N2O4S2/c1-29-26(32)19-15-11-7-3-5-9-13(11)34-22(15)20-16-17(19)21(27(29)33)23-14(18(16)24(30)28-25(20)31)10-6-2-4-8-12(10)35-23/h2-9H,1H3,(H,28,30,31). The maximum atomic E-state index is 13.7. The molecule has 0 radical (unpaired) electrons. The third kappa shape index (κ3) is 2.07. The minimum absolute atomic E-state index is 0.358. The Hall–Kier alpha value is -4.14. The van der Waals surface area contributed by atoms with Crippen LogP contribution in [0.5, 0.6) is 0 Å². The van der Waals surface area contributed by atoms with Gasteiger partial charge < -0.3 is 0 Å². The van der Waals surface area contributed by atoms with Crippen molar-refractivity contribution < 1.29 is 19.2 Å². The van der Waals surface area contributed by atoms with Crippen LogP contribution in [-0.2, 0) is 0 Å². The molecule has 2 aromatic heterocycles. The fourth-order valence-corrected chi connectivity index (χ4v) is 8.19. The average molecular weight is 493 g/mol. The Bertz CT molecular complexity index is 2080. The van der Waals surface area contributed by atoms with Gasteiger partial charge in [-0.3, -0.25) is 29.4 Å². The number of nitrogens with one attached hydrogen (secondary N) is 1. The number of carbonyl (C=O) groups excluding carboxylic acids is 4. The van der Waals surface area contributed by atoms with E-state index in [1.807, 2.05) is 48.5 Å². The first kappa shape index (κ1) is 19.2. The highest BCUT2D eigenvalue weighted by Gasteiger charge is 2.42. The SMILES string of the molecule is CN1C(=O)c2c3sc4ccccc4c3c3c4c(c5sc6ccccc6c5c(c24)C1=O)C(=O)NC3=O. The lowest BCUT2D eigenvalue weighted by atomic mass is 9.82. The van der Waals surface area contributed by atoms with Gasteiger partial charge in [0.15, 0.2) is 0 Å². The number of benzene rings is 4. The fraction of sp³-hybridized carbons (Fsp3) is 0.0370. The van der Waals surface area contributed by atoms with Crippen LogP contribution in [0.25, 0.3) is 51.1 Å². The molecule has 1 N–H and O–H groups in total. The summed E-state index contributed by atoms with van der Waals surface area (Å²) < 4.78 is 3.17. The molecule has 0 atom stereocenters. The van der Waals surface area contributed by atoms with Gasteiger partial charge in [0.25, 0.3) is 23.6 Å². The smallest absolute Gasteiger partial charge is 0.262 e. The summed E-state index contributed by atoms with van der Waals surface area (Å²) in [4.78, 5) is 55.3. The highest BCUT2D eigenvalue weighted by Crippen LogP contribution is 2.51. The third-order valence-electron chi connectivity index (χ3n) is 7.11. The lowest BCUT2D eigenvalue weighted by Gasteiger charge is -2.29. The number of amides is 4. The number of fused-ring (bicyclic) bond motifs is 10. The quantitative estimate of drug-likeness (QED) is 0.276. The van der Waals surface area contributed by atoms with Crippen LogP contribution in [-0.4, -0.2) is 35.6 Å². The summed E-state index contributed by atoms with van der Waals surface area (Å²) in [5.41, 5.74) is 1.49. The van der Waals surface area contributed by atoms with Gasteiger partial charge >= 0.3 is 0 Å². The number of thiophene rings is 2. The molecule has 166 valence electrons. The second kappa shape index (κ2) is 6.10. The van der Waals surface area contributed by atoms with Gasteiger partial charge in [-0.05, 0) is 12.1 Å². The van der Waals surface area contributed by atoms with Gasteiger partial charge in [-0.1, -0.05) is 36.4 Å². The summed E-state index contributed by atoms with van der Waals surface area (Å²) in [6.45, 7) is 0. The number of rotatable bonds is 0. The van der Waals surface area contributed by atoms with Crippen molar-refractivity contribution in [2.45, 2.75) is 0 Å². The summed E-state index contributed by atoms with van der Waals surface area (Å²) in [7, 11) is 1.49. The van der Waals surface area contributed by atoms with Crippen LogP contribution >= 0.6 is 22.7 Å². The van der Waals surface area contributed by atoms with Crippen molar-refractivity contribution in [3.8, 4) is 0 Å². The predicted molar refractivity (Wildman–Crippen MR) is 138 cm³/mol. The van der Waals surface area contributed by atoms with E-state index in [1.165, 1.54) is 29.7 Å². The second-order valence-electron chi connectivity index (χ2n) is 8.81. The van der Waals surface area contributed by atoms with Crippen molar-refractivity contribution in [1.29, 1.82) is 0 Å². The topological polar surface area (TPSA) is 83.6 Å². The molecule has 8 rings (SSSR count). The van der Waals surface area contributed by atoms with Gasteiger partial charge in [-0.15, -0.1) is 22.7 Å². The van der Waals surface area contributed by atoms with E-state index < -0.39 is 23.6 Å². The Morgan fingerprint density at radius 3 is 1.74 bits per heavy atom. The van der Waals surface area contributed by atoms with Crippen LogP contribution in [0.4, 0.5) is 0 Å². The summed E-state index contributed by atoms with van der Waals surface area (Å²) in [6.07, 6.45) is 0. The van der Waals surface area contributed by atoms with E-state index in [-0.39, 0.29) is 0 Å². The molecule has 0 spiro atoms. The molecule has 0 fully saturated rings. The van der Waals surface area contributed by atoms with Gasteiger partial charge in [-0.2, -0.15) is 0 Å². The molecule has 2 aliphatic heterocycles. The molecular formula is C27H12N2O4S2. The highest BCUT2D eigenvalue weighted by molar-refractivity contribution is 7.27. The first-order chi connectivity index (χ1) is 17.0. The fourth-order valence-electron chi connectivity index (χ4n) is 5.68. The van der Waals surface area contributed by atoms with Crippen molar-refractivity contribution in [3.63, 3.8) is 0 Å². The molecular weight excluding hydrogens is 480 g/mol. The Balaban J connectivity index is 1.82. The molecule has 4 heterocycles. The monoisotopic (exact) mass is 492 g/mol. The summed E-state index contributed by atoms with van der Waals surface area (Å²) in [5.74, 6) is -1.86. The molecule has 0 saturated heterocycles. The van der Waals surface area contributed by atoms with Crippen molar-refractivity contribution in [2.24, 2.45) is 0 Å². The van der Waals surface area contributed by atoms with Crippen molar-refractivity contribution in [1.82, 2.24) is 10.2 Å². The van der Waals surface area contributed by atoms with Crippen LogP contribution in [0.2, 0.25) is 0 Å².